The molecule has 0 aliphatic carbocycles. The molecule has 3 N–H and O–H groups in total. The molecule has 0 radical (unpaired) electrons. The number of likely N-dealkylation sites (tertiary alicyclic amines) is 1. The molecule has 1 aliphatic rings. The average Bonchev–Trinajstić information content (AvgIpc) is 3.36. The third kappa shape index (κ3) is 4.25. The molecule has 31 heavy (non-hydrogen) atoms. The quantitative estimate of drug-likeness (QED) is 0.587. The fraction of sp³-hybridized carbons (Fsp3) is 0.273. The lowest BCUT2D eigenvalue weighted by Crippen LogP contribution is -2.46. The number of nitroso groups, excluding NO2 is 1. The fourth-order valence-corrected chi connectivity index (χ4v) is 3.79. The zero-order valence-electron chi connectivity index (χ0n) is 16.5. The van der Waals surface area contributed by atoms with Crippen molar-refractivity contribution in [1.82, 2.24) is 9.88 Å². The Balaban J connectivity index is 1.51. The topological polar surface area (TPSA) is 125 Å². The van der Waals surface area contributed by atoms with Crippen LogP contribution in [-0.4, -0.2) is 40.6 Å². The maximum absolute atomic E-state index is 13.7. The molecule has 158 valence electrons. The van der Waals surface area contributed by atoms with Crippen LogP contribution < -0.4 is 10.5 Å². The maximum Gasteiger partial charge on any atom is 0.241 e. The molecule has 2 heterocycles. The second-order valence-corrected chi connectivity index (χ2v) is 7.49. The van der Waals surface area contributed by atoms with Gasteiger partial charge in [0.2, 0.25) is 5.91 Å². The molecule has 0 spiro atoms. The Labute approximate surface area is 177 Å². The van der Waals surface area contributed by atoms with E-state index in [0.29, 0.717) is 17.2 Å². The van der Waals surface area contributed by atoms with Crippen molar-refractivity contribution in [3.8, 4) is 17.6 Å². The Morgan fingerprint density at radius 2 is 2.06 bits per heavy atom. The first kappa shape index (κ1) is 20.5. The zero-order valence-corrected chi connectivity index (χ0v) is 16.5. The minimum absolute atomic E-state index is 0.0205. The van der Waals surface area contributed by atoms with Gasteiger partial charge in [-0.15, -0.1) is 4.91 Å². The third-order valence-electron chi connectivity index (χ3n) is 5.36. The van der Waals surface area contributed by atoms with Crippen LogP contribution >= 0.6 is 0 Å². The van der Waals surface area contributed by atoms with Crippen molar-refractivity contribution in [2.24, 2.45) is 10.9 Å². The van der Waals surface area contributed by atoms with Crippen LogP contribution in [0, 0.1) is 16.2 Å². The molecule has 1 aliphatic heterocycles. The van der Waals surface area contributed by atoms with Crippen LogP contribution in [0.4, 0.5) is 10.1 Å². The summed E-state index contributed by atoms with van der Waals surface area (Å²) in [5, 5.41) is 12.9. The van der Waals surface area contributed by atoms with Gasteiger partial charge in [0, 0.05) is 23.5 Å². The molecule has 1 fully saturated rings. The molecule has 8 nitrogen and oxygen atoms in total. The second-order valence-electron chi connectivity index (χ2n) is 7.49. The summed E-state index contributed by atoms with van der Waals surface area (Å²) in [6.45, 7) is -0.102. The molecule has 1 aromatic heterocycles. The van der Waals surface area contributed by atoms with Crippen molar-refractivity contribution < 1.29 is 13.9 Å². The number of amides is 1. The molecule has 1 unspecified atom stereocenters. The predicted molar refractivity (Wildman–Crippen MR) is 113 cm³/mol. The van der Waals surface area contributed by atoms with Crippen molar-refractivity contribution in [3.05, 3.63) is 59.1 Å². The molecule has 0 bridgehead atoms. The summed E-state index contributed by atoms with van der Waals surface area (Å²) in [6, 6.07) is 12.2. The number of halogens is 1. The van der Waals surface area contributed by atoms with E-state index in [9.17, 15) is 19.4 Å². The SMILES string of the molecule is N#C[C@@H]1C[C@H](F)CN1C(=O)C(N)Cc1c[nH]c2ccc(Oc3ccc(N=O)cc3)cc12. The van der Waals surface area contributed by atoms with Gasteiger partial charge in [-0.05, 0) is 59.6 Å². The van der Waals surface area contributed by atoms with Crippen LogP contribution in [0.2, 0.25) is 0 Å². The Morgan fingerprint density at radius 3 is 2.77 bits per heavy atom. The summed E-state index contributed by atoms with van der Waals surface area (Å²) in [6.07, 6.45) is 0.820. The number of aromatic nitrogens is 1. The van der Waals surface area contributed by atoms with Gasteiger partial charge in [-0.2, -0.15) is 5.26 Å². The van der Waals surface area contributed by atoms with Gasteiger partial charge in [0.25, 0.3) is 0 Å². The van der Waals surface area contributed by atoms with Crippen molar-refractivity contribution in [2.45, 2.75) is 31.1 Å². The molecule has 1 amide bonds. The van der Waals surface area contributed by atoms with E-state index in [2.05, 4.69) is 10.2 Å². The van der Waals surface area contributed by atoms with Gasteiger partial charge in [-0.1, -0.05) is 0 Å². The van der Waals surface area contributed by atoms with E-state index in [-0.39, 0.29) is 19.4 Å². The molecular formula is C22H20FN5O3. The van der Waals surface area contributed by atoms with E-state index >= 15 is 0 Å². The van der Waals surface area contributed by atoms with Gasteiger partial charge in [0.05, 0.1) is 18.7 Å². The van der Waals surface area contributed by atoms with Crippen LogP contribution in [-0.2, 0) is 11.2 Å². The fourth-order valence-electron chi connectivity index (χ4n) is 3.79. The van der Waals surface area contributed by atoms with Crippen LogP contribution in [0.3, 0.4) is 0 Å². The number of alkyl halides is 1. The Morgan fingerprint density at radius 1 is 1.32 bits per heavy atom. The van der Waals surface area contributed by atoms with Crippen LogP contribution in [0.25, 0.3) is 10.9 Å². The number of fused-ring (bicyclic) bond motifs is 1. The van der Waals surface area contributed by atoms with Gasteiger partial charge in [0.1, 0.15) is 29.4 Å². The number of hydrogen-bond donors (Lipinski definition) is 2. The monoisotopic (exact) mass is 421 g/mol. The predicted octanol–water partition coefficient (Wildman–Crippen LogP) is 3.69. The van der Waals surface area contributed by atoms with Crippen LogP contribution in [0.5, 0.6) is 11.5 Å². The second kappa shape index (κ2) is 8.53. The number of hydrogen-bond acceptors (Lipinski definition) is 6. The van der Waals surface area contributed by atoms with Crippen molar-refractivity contribution >= 4 is 22.5 Å². The number of nitrogens with one attached hydrogen (secondary N) is 1. The maximum atomic E-state index is 13.7. The van der Waals surface area contributed by atoms with Crippen molar-refractivity contribution in [3.63, 3.8) is 0 Å². The standard InChI is InChI=1S/C22H20FN5O3/c23-14-8-16(10-24)28(12-14)22(29)20(25)7-13-11-26-21-6-5-18(9-19(13)21)31-17-3-1-15(27-30)2-4-17/h1-6,9,11,14,16,20,26H,7-8,12,25H2/t14-,16-,20?/m0/s1. The molecule has 1 saturated heterocycles. The van der Waals surface area contributed by atoms with Gasteiger partial charge < -0.3 is 20.4 Å². The Kier molecular flexibility index (Phi) is 5.64. The summed E-state index contributed by atoms with van der Waals surface area (Å²) in [5.41, 5.74) is 8.10. The lowest BCUT2D eigenvalue weighted by atomic mass is 10.0. The largest absolute Gasteiger partial charge is 0.457 e. The Bertz CT molecular complexity index is 1150. The van der Waals surface area contributed by atoms with Gasteiger partial charge >= 0.3 is 0 Å². The zero-order chi connectivity index (χ0) is 22.0. The first-order chi connectivity index (χ1) is 15.0. The van der Waals surface area contributed by atoms with E-state index in [1.165, 1.54) is 4.90 Å². The minimum Gasteiger partial charge on any atom is -0.457 e. The molecular weight excluding hydrogens is 401 g/mol. The molecule has 4 rings (SSSR count). The van der Waals surface area contributed by atoms with E-state index in [0.717, 1.165) is 16.5 Å². The number of H-pyrrole nitrogens is 1. The molecule has 2 aromatic carbocycles. The third-order valence-corrected chi connectivity index (χ3v) is 5.36. The average molecular weight is 421 g/mol. The number of rotatable bonds is 6. The van der Waals surface area contributed by atoms with E-state index in [4.69, 9.17) is 10.5 Å². The van der Waals surface area contributed by atoms with Crippen LogP contribution in [0.15, 0.2) is 53.8 Å². The smallest absolute Gasteiger partial charge is 0.241 e. The lowest BCUT2D eigenvalue weighted by molar-refractivity contribution is -0.132. The minimum atomic E-state index is -1.20. The number of nitrogens with two attached hydrogens (primary N) is 1. The number of aromatic amines is 1. The number of carbonyl (C=O) groups excluding carboxylic acids is 1. The lowest BCUT2D eigenvalue weighted by Gasteiger charge is -2.23. The highest BCUT2D eigenvalue weighted by atomic mass is 19.1. The Hall–Kier alpha value is -3.77. The van der Waals surface area contributed by atoms with Crippen LogP contribution in [0.1, 0.15) is 12.0 Å². The normalized spacial score (nSPS) is 19.2. The highest BCUT2D eigenvalue weighted by Crippen LogP contribution is 2.29. The summed E-state index contributed by atoms with van der Waals surface area (Å²) >= 11 is 0. The summed E-state index contributed by atoms with van der Waals surface area (Å²) < 4.78 is 19.5. The van der Waals surface area contributed by atoms with E-state index in [1.807, 2.05) is 18.2 Å². The molecule has 3 aromatic rings. The van der Waals surface area contributed by atoms with Crippen molar-refractivity contribution in [1.29, 1.82) is 5.26 Å². The number of benzene rings is 2. The highest BCUT2D eigenvalue weighted by Gasteiger charge is 2.37. The molecule has 3 atom stereocenters. The number of nitrogens with zero attached hydrogens (tertiary/aromatic N) is 3. The van der Waals surface area contributed by atoms with Gasteiger partial charge in [-0.25, -0.2) is 4.39 Å². The number of carbonyl (C=O) groups is 1. The molecule has 9 heteroatoms. The van der Waals surface area contributed by atoms with Gasteiger partial charge in [0.15, 0.2) is 0 Å². The summed E-state index contributed by atoms with van der Waals surface area (Å²) in [4.78, 5) is 27.6. The highest BCUT2D eigenvalue weighted by molar-refractivity contribution is 5.87. The molecule has 0 saturated carbocycles. The first-order valence-electron chi connectivity index (χ1n) is 9.79. The van der Waals surface area contributed by atoms with Crippen molar-refractivity contribution in [2.75, 3.05) is 6.54 Å². The number of nitriles is 1. The van der Waals surface area contributed by atoms with Gasteiger partial charge in [-0.3, -0.25) is 4.79 Å². The van der Waals surface area contributed by atoms with E-state index < -0.39 is 24.2 Å². The number of ether oxygens (including phenoxy) is 1. The van der Waals surface area contributed by atoms with E-state index in [1.54, 1.807) is 36.5 Å². The first-order valence-corrected chi connectivity index (χ1v) is 9.79. The summed E-state index contributed by atoms with van der Waals surface area (Å²) in [7, 11) is 0. The summed E-state index contributed by atoms with van der Waals surface area (Å²) in [5.74, 6) is 0.690.